The lowest BCUT2D eigenvalue weighted by Gasteiger charge is -2.22. The number of benzene rings is 1. The zero-order valence-electron chi connectivity index (χ0n) is 10.9. The summed E-state index contributed by atoms with van der Waals surface area (Å²) in [6.45, 7) is 4.44. The third kappa shape index (κ3) is 2.89. The van der Waals surface area contributed by atoms with Crippen LogP contribution in [-0.4, -0.2) is 11.5 Å². The standard InChI is InChI=1S/C15H14FN3/c1-3-19(14-6-4-5-13(16)9-14)15-8-12(10-17)7-11(2)18-15/h4-9H,3H2,1-2H3. The van der Waals surface area contributed by atoms with Gasteiger partial charge in [0, 0.05) is 17.9 Å². The molecule has 19 heavy (non-hydrogen) atoms. The summed E-state index contributed by atoms with van der Waals surface area (Å²) >= 11 is 0. The van der Waals surface area contributed by atoms with Gasteiger partial charge in [0.2, 0.25) is 0 Å². The molecule has 96 valence electrons. The van der Waals surface area contributed by atoms with E-state index in [1.54, 1.807) is 18.2 Å². The third-order valence-corrected chi connectivity index (χ3v) is 2.78. The van der Waals surface area contributed by atoms with Crippen LogP contribution in [0.2, 0.25) is 0 Å². The van der Waals surface area contributed by atoms with E-state index in [4.69, 9.17) is 5.26 Å². The lowest BCUT2D eigenvalue weighted by atomic mass is 10.2. The molecule has 0 fully saturated rings. The first-order chi connectivity index (χ1) is 9.13. The summed E-state index contributed by atoms with van der Waals surface area (Å²) in [5.41, 5.74) is 2.05. The molecule has 0 N–H and O–H groups in total. The van der Waals surface area contributed by atoms with Gasteiger partial charge in [-0.25, -0.2) is 9.37 Å². The Hall–Kier alpha value is -2.41. The summed E-state index contributed by atoms with van der Waals surface area (Å²) in [5.74, 6) is 0.369. The highest BCUT2D eigenvalue weighted by Crippen LogP contribution is 2.25. The van der Waals surface area contributed by atoms with Crippen LogP contribution in [0.3, 0.4) is 0 Å². The SMILES string of the molecule is CCN(c1cccc(F)c1)c1cc(C#N)cc(C)n1. The molecule has 0 radical (unpaired) electrons. The molecule has 0 bridgehead atoms. The number of anilines is 2. The van der Waals surface area contributed by atoms with Gasteiger partial charge in [0.1, 0.15) is 11.6 Å². The van der Waals surface area contributed by atoms with Gasteiger partial charge in [-0.05, 0) is 44.2 Å². The van der Waals surface area contributed by atoms with Crippen molar-refractivity contribution in [1.82, 2.24) is 4.98 Å². The Morgan fingerprint density at radius 3 is 2.74 bits per heavy atom. The molecule has 0 spiro atoms. The topological polar surface area (TPSA) is 39.9 Å². The number of rotatable bonds is 3. The lowest BCUT2D eigenvalue weighted by Crippen LogP contribution is -2.18. The summed E-state index contributed by atoms with van der Waals surface area (Å²) < 4.78 is 13.3. The predicted molar refractivity (Wildman–Crippen MR) is 72.8 cm³/mol. The highest BCUT2D eigenvalue weighted by Gasteiger charge is 2.11. The van der Waals surface area contributed by atoms with Crippen molar-refractivity contribution in [2.45, 2.75) is 13.8 Å². The third-order valence-electron chi connectivity index (χ3n) is 2.78. The van der Waals surface area contributed by atoms with Crippen molar-refractivity contribution in [3.63, 3.8) is 0 Å². The van der Waals surface area contributed by atoms with E-state index < -0.39 is 0 Å². The van der Waals surface area contributed by atoms with Gasteiger partial charge in [-0.2, -0.15) is 5.26 Å². The van der Waals surface area contributed by atoms with Crippen LogP contribution in [-0.2, 0) is 0 Å². The molecular formula is C15H14FN3. The minimum atomic E-state index is -0.288. The summed E-state index contributed by atoms with van der Waals surface area (Å²) in [5, 5.41) is 9.00. The number of halogens is 1. The summed E-state index contributed by atoms with van der Waals surface area (Å²) in [6.07, 6.45) is 0. The Kier molecular flexibility index (Phi) is 3.76. The Balaban J connectivity index is 2.48. The van der Waals surface area contributed by atoms with Gasteiger partial charge in [-0.3, -0.25) is 0 Å². The van der Waals surface area contributed by atoms with Crippen LogP contribution < -0.4 is 4.90 Å². The maximum atomic E-state index is 13.3. The first-order valence-electron chi connectivity index (χ1n) is 6.06. The monoisotopic (exact) mass is 255 g/mol. The van der Waals surface area contributed by atoms with Crippen LogP contribution in [0.25, 0.3) is 0 Å². The molecule has 1 heterocycles. The van der Waals surface area contributed by atoms with E-state index in [1.807, 2.05) is 24.8 Å². The van der Waals surface area contributed by atoms with Gasteiger partial charge in [0.05, 0.1) is 11.6 Å². The molecule has 2 aromatic rings. The molecule has 4 heteroatoms. The number of nitrogens with zero attached hydrogens (tertiary/aromatic N) is 3. The van der Waals surface area contributed by atoms with E-state index in [9.17, 15) is 4.39 Å². The number of aryl methyl sites for hydroxylation is 1. The second kappa shape index (κ2) is 5.49. The van der Waals surface area contributed by atoms with Crippen molar-refractivity contribution in [3.8, 4) is 6.07 Å². The van der Waals surface area contributed by atoms with E-state index >= 15 is 0 Å². The molecule has 1 aromatic carbocycles. The smallest absolute Gasteiger partial charge is 0.134 e. The summed E-state index contributed by atoms with van der Waals surface area (Å²) in [7, 11) is 0. The summed E-state index contributed by atoms with van der Waals surface area (Å²) in [4.78, 5) is 6.28. The molecule has 0 unspecified atom stereocenters. The first kappa shape index (κ1) is 13.0. The molecule has 0 atom stereocenters. The second-order valence-corrected chi connectivity index (χ2v) is 4.19. The molecule has 2 rings (SSSR count). The molecule has 0 aliphatic heterocycles. The average Bonchev–Trinajstić information content (AvgIpc) is 2.39. The van der Waals surface area contributed by atoms with Gasteiger partial charge in [-0.15, -0.1) is 0 Å². The molecule has 0 saturated carbocycles. The second-order valence-electron chi connectivity index (χ2n) is 4.19. The van der Waals surface area contributed by atoms with Crippen molar-refractivity contribution in [2.75, 3.05) is 11.4 Å². The van der Waals surface area contributed by atoms with Crippen LogP contribution in [0.1, 0.15) is 18.2 Å². The van der Waals surface area contributed by atoms with Crippen molar-refractivity contribution < 1.29 is 4.39 Å². The molecule has 1 aromatic heterocycles. The zero-order valence-corrected chi connectivity index (χ0v) is 10.9. The van der Waals surface area contributed by atoms with Gasteiger partial charge in [-0.1, -0.05) is 6.07 Å². The Labute approximate surface area is 111 Å². The minimum Gasteiger partial charge on any atom is -0.327 e. The van der Waals surface area contributed by atoms with Crippen molar-refractivity contribution in [1.29, 1.82) is 5.26 Å². The van der Waals surface area contributed by atoms with Crippen LogP contribution in [0.15, 0.2) is 36.4 Å². The highest BCUT2D eigenvalue weighted by molar-refractivity contribution is 5.61. The van der Waals surface area contributed by atoms with Gasteiger partial charge >= 0.3 is 0 Å². The van der Waals surface area contributed by atoms with Crippen LogP contribution in [0, 0.1) is 24.1 Å². The number of pyridine rings is 1. The van der Waals surface area contributed by atoms with E-state index in [-0.39, 0.29) is 5.82 Å². The largest absolute Gasteiger partial charge is 0.327 e. The van der Waals surface area contributed by atoms with Gasteiger partial charge < -0.3 is 4.90 Å². The predicted octanol–water partition coefficient (Wildman–Crippen LogP) is 3.56. The summed E-state index contributed by atoms with van der Waals surface area (Å²) in [6, 6.07) is 11.9. The number of hydrogen-bond donors (Lipinski definition) is 0. The average molecular weight is 255 g/mol. The normalized spacial score (nSPS) is 10.0. The van der Waals surface area contributed by atoms with Crippen LogP contribution >= 0.6 is 0 Å². The van der Waals surface area contributed by atoms with Crippen molar-refractivity contribution >= 4 is 11.5 Å². The fraction of sp³-hybridized carbons (Fsp3) is 0.200. The van der Waals surface area contributed by atoms with E-state index in [0.717, 1.165) is 11.4 Å². The zero-order chi connectivity index (χ0) is 13.8. The van der Waals surface area contributed by atoms with E-state index in [2.05, 4.69) is 11.1 Å². The van der Waals surface area contributed by atoms with E-state index in [1.165, 1.54) is 12.1 Å². The molecule has 0 aliphatic rings. The minimum absolute atomic E-state index is 0.288. The highest BCUT2D eigenvalue weighted by atomic mass is 19.1. The fourth-order valence-electron chi connectivity index (χ4n) is 1.97. The quantitative estimate of drug-likeness (QED) is 0.841. The maximum absolute atomic E-state index is 13.3. The molecular weight excluding hydrogens is 241 g/mol. The number of aromatic nitrogens is 1. The first-order valence-corrected chi connectivity index (χ1v) is 6.06. The molecule has 0 aliphatic carbocycles. The molecule has 3 nitrogen and oxygen atoms in total. The van der Waals surface area contributed by atoms with Crippen molar-refractivity contribution in [2.24, 2.45) is 0 Å². The lowest BCUT2D eigenvalue weighted by molar-refractivity contribution is 0.627. The number of nitriles is 1. The maximum Gasteiger partial charge on any atom is 0.134 e. The number of hydrogen-bond acceptors (Lipinski definition) is 3. The fourth-order valence-corrected chi connectivity index (χ4v) is 1.97. The Morgan fingerprint density at radius 1 is 1.32 bits per heavy atom. The van der Waals surface area contributed by atoms with Crippen LogP contribution in [0.4, 0.5) is 15.9 Å². The van der Waals surface area contributed by atoms with E-state index in [0.29, 0.717) is 17.9 Å². The van der Waals surface area contributed by atoms with Gasteiger partial charge in [0.25, 0.3) is 0 Å². The van der Waals surface area contributed by atoms with Crippen LogP contribution in [0.5, 0.6) is 0 Å². The van der Waals surface area contributed by atoms with Crippen molar-refractivity contribution in [3.05, 3.63) is 53.5 Å². The molecule has 0 amide bonds. The Bertz CT molecular complexity index is 632. The Morgan fingerprint density at radius 2 is 2.11 bits per heavy atom. The molecule has 0 saturated heterocycles. The van der Waals surface area contributed by atoms with Gasteiger partial charge in [0.15, 0.2) is 0 Å².